The van der Waals surface area contributed by atoms with Crippen LogP contribution in [-0.4, -0.2) is 36.7 Å². The Labute approximate surface area is 157 Å². The summed E-state index contributed by atoms with van der Waals surface area (Å²) in [6.07, 6.45) is 1.31. The highest BCUT2D eigenvalue weighted by molar-refractivity contribution is 7.15. The van der Waals surface area contributed by atoms with Crippen LogP contribution in [0, 0.1) is 12.7 Å². The molecule has 0 saturated carbocycles. The van der Waals surface area contributed by atoms with Gasteiger partial charge in [-0.25, -0.2) is 9.37 Å². The molecule has 0 aliphatic carbocycles. The van der Waals surface area contributed by atoms with E-state index >= 15 is 0 Å². The highest BCUT2D eigenvalue weighted by atomic mass is 32.1. The van der Waals surface area contributed by atoms with Crippen molar-refractivity contribution in [2.24, 2.45) is 0 Å². The number of amides is 1. The van der Waals surface area contributed by atoms with Gasteiger partial charge in [0.15, 0.2) is 0 Å². The first-order chi connectivity index (χ1) is 12.4. The van der Waals surface area contributed by atoms with Crippen LogP contribution < -0.4 is 10.6 Å². The molecule has 1 fully saturated rings. The fourth-order valence-corrected chi connectivity index (χ4v) is 4.35. The van der Waals surface area contributed by atoms with Crippen molar-refractivity contribution in [2.45, 2.75) is 38.3 Å². The summed E-state index contributed by atoms with van der Waals surface area (Å²) in [6.45, 7) is 5.42. The fraction of sp³-hybridized carbons (Fsp3) is 0.474. The number of rotatable bonds is 5. The number of carbonyl (C=O) groups is 1. The number of thiazole rings is 1. The second-order valence-electron chi connectivity index (χ2n) is 6.62. The predicted octanol–water partition coefficient (Wildman–Crippen LogP) is 3.20. The molecular weight excluding hydrogens is 353 g/mol. The fourth-order valence-electron chi connectivity index (χ4n) is 3.27. The molecule has 0 radical (unpaired) electrons. The average Bonchev–Trinajstić information content (AvgIpc) is 3.04. The third kappa shape index (κ3) is 3.79. The molecule has 7 heteroatoms. The van der Waals surface area contributed by atoms with Crippen molar-refractivity contribution in [2.75, 3.05) is 20.2 Å². The maximum absolute atomic E-state index is 13.1. The number of nitrogens with one attached hydrogen (secondary N) is 2. The quantitative estimate of drug-likeness (QED) is 0.840. The van der Waals surface area contributed by atoms with Gasteiger partial charge in [-0.05, 0) is 64.0 Å². The number of aromatic nitrogens is 1. The number of benzene rings is 1. The number of aryl methyl sites for hydroxylation is 1. The molecule has 3 rings (SSSR count). The summed E-state index contributed by atoms with van der Waals surface area (Å²) < 4.78 is 18.7. The normalized spacial score (nSPS) is 17.7. The van der Waals surface area contributed by atoms with Crippen molar-refractivity contribution in [1.29, 1.82) is 0 Å². The van der Waals surface area contributed by atoms with E-state index in [4.69, 9.17) is 4.74 Å². The third-order valence-electron chi connectivity index (χ3n) is 4.88. The zero-order valence-electron chi connectivity index (χ0n) is 15.3. The Bertz CT molecular complexity index is 770. The number of hydrogen-bond donors (Lipinski definition) is 2. The number of halogens is 1. The second-order valence-corrected chi connectivity index (χ2v) is 7.65. The summed E-state index contributed by atoms with van der Waals surface area (Å²) in [5, 5.41) is 7.17. The Morgan fingerprint density at radius 2 is 2.00 bits per heavy atom. The minimum Gasteiger partial charge on any atom is -0.368 e. The summed E-state index contributed by atoms with van der Waals surface area (Å²) >= 11 is 1.52. The van der Waals surface area contributed by atoms with Crippen molar-refractivity contribution in [1.82, 2.24) is 15.6 Å². The van der Waals surface area contributed by atoms with Crippen molar-refractivity contribution in [3.8, 4) is 10.6 Å². The van der Waals surface area contributed by atoms with Gasteiger partial charge in [0.05, 0.1) is 16.6 Å². The molecule has 1 atom stereocenters. The van der Waals surface area contributed by atoms with Crippen LogP contribution in [0.2, 0.25) is 0 Å². The van der Waals surface area contributed by atoms with Gasteiger partial charge in [-0.15, -0.1) is 11.3 Å². The first-order valence-corrected chi connectivity index (χ1v) is 9.57. The molecule has 2 N–H and O–H groups in total. The van der Waals surface area contributed by atoms with E-state index in [1.165, 1.54) is 23.5 Å². The van der Waals surface area contributed by atoms with Crippen molar-refractivity contribution >= 4 is 17.2 Å². The Hall–Kier alpha value is -1.83. The molecular formula is C19H24FN3O2S. The summed E-state index contributed by atoms with van der Waals surface area (Å²) in [6, 6.07) is 6.12. The average molecular weight is 377 g/mol. The zero-order chi connectivity index (χ0) is 18.7. The number of ether oxygens (including phenoxy) is 1. The van der Waals surface area contributed by atoms with E-state index in [0.717, 1.165) is 34.2 Å². The van der Waals surface area contributed by atoms with Crippen molar-refractivity contribution < 1.29 is 13.9 Å². The number of methoxy groups -OCH3 is 1. The van der Waals surface area contributed by atoms with E-state index in [-0.39, 0.29) is 17.8 Å². The van der Waals surface area contributed by atoms with E-state index in [9.17, 15) is 9.18 Å². The third-order valence-corrected chi connectivity index (χ3v) is 6.27. The molecule has 1 aromatic heterocycles. The van der Waals surface area contributed by atoms with Gasteiger partial charge >= 0.3 is 0 Å². The molecule has 26 heavy (non-hydrogen) atoms. The molecule has 5 nitrogen and oxygen atoms in total. The number of hydrogen-bond acceptors (Lipinski definition) is 5. The van der Waals surface area contributed by atoms with Crippen LogP contribution in [0.25, 0.3) is 10.6 Å². The Kier molecular flexibility index (Phi) is 5.70. The highest BCUT2D eigenvalue weighted by Crippen LogP contribution is 2.32. The smallest absolute Gasteiger partial charge is 0.252 e. The number of piperidine rings is 1. The Morgan fingerprint density at radius 1 is 1.35 bits per heavy atom. The van der Waals surface area contributed by atoms with Gasteiger partial charge in [0.25, 0.3) is 5.91 Å². The van der Waals surface area contributed by atoms with E-state index in [1.807, 2.05) is 13.8 Å². The van der Waals surface area contributed by atoms with E-state index in [1.54, 1.807) is 19.2 Å². The van der Waals surface area contributed by atoms with Gasteiger partial charge in [-0.1, -0.05) is 0 Å². The highest BCUT2D eigenvalue weighted by Gasteiger charge is 2.40. The minimum absolute atomic E-state index is 0.0786. The van der Waals surface area contributed by atoms with Crippen LogP contribution in [0.4, 0.5) is 4.39 Å². The molecule has 1 aliphatic rings. The second kappa shape index (κ2) is 7.82. The van der Waals surface area contributed by atoms with Crippen molar-refractivity contribution in [3.63, 3.8) is 0 Å². The first-order valence-electron chi connectivity index (χ1n) is 8.75. The van der Waals surface area contributed by atoms with Crippen LogP contribution in [0.5, 0.6) is 0 Å². The van der Waals surface area contributed by atoms with Crippen LogP contribution in [-0.2, 0) is 9.53 Å². The lowest BCUT2D eigenvalue weighted by Crippen LogP contribution is -2.54. The lowest BCUT2D eigenvalue weighted by molar-refractivity contribution is -0.147. The molecule has 2 heterocycles. The molecule has 0 bridgehead atoms. The van der Waals surface area contributed by atoms with Gasteiger partial charge in [-0.3, -0.25) is 4.79 Å². The van der Waals surface area contributed by atoms with Crippen molar-refractivity contribution in [3.05, 3.63) is 40.7 Å². The summed E-state index contributed by atoms with van der Waals surface area (Å²) in [5.41, 5.74) is 0.979. The maximum atomic E-state index is 13.1. The van der Waals surface area contributed by atoms with Crippen LogP contribution >= 0.6 is 11.3 Å². The van der Waals surface area contributed by atoms with Gasteiger partial charge in [-0.2, -0.15) is 0 Å². The van der Waals surface area contributed by atoms with E-state index in [0.29, 0.717) is 12.8 Å². The standard InChI is InChI=1S/C19H24FN3O2S/c1-12-16(26-17(22-12)14-4-6-15(20)7-5-14)13(2)23-18(24)19(25-3)8-10-21-11-9-19/h4-7,13,21H,8-11H2,1-3H3,(H,23,24). The predicted molar refractivity (Wildman–Crippen MR) is 101 cm³/mol. The lowest BCUT2D eigenvalue weighted by atomic mass is 9.91. The molecule has 0 spiro atoms. The summed E-state index contributed by atoms with van der Waals surface area (Å²) in [7, 11) is 1.60. The number of carbonyl (C=O) groups excluding carboxylic acids is 1. The van der Waals surface area contributed by atoms with Gasteiger partial charge in [0, 0.05) is 12.7 Å². The number of nitrogens with zero attached hydrogens (tertiary/aromatic N) is 1. The topological polar surface area (TPSA) is 63.2 Å². The molecule has 2 aromatic rings. The molecule has 1 aromatic carbocycles. The summed E-state index contributed by atoms with van der Waals surface area (Å²) in [4.78, 5) is 18.4. The van der Waals surface area contributed by atoms with Crippen LogP contribution in [0.3, 0.4) is 0 Å². The largest absolute Gasteiger partial charge is 0.368 e. The minimum atomic E-state index is -0.766. The molecule has 1 amide bonds. The summed E-state index contributed by atoms with van der Waals surface area (Å²) in [5.74, 6) is -0.347. The van der Waals surface area contributed by atoms with Gasteiger partial charge < -0.3 is 15.4 Å². The monoisotopic (exact) mass is 377 g/mol. The Balaban J connectivity index is 1.76. The van der Waals surface area contributed by atoms with Gasteiger partial charge in [0.2, 0.25) is 0 Å². The van der Waals surface area contributed by atoms with Crippen LogP contribution in [0.1, 0.15) is 36.4 Å². The van der Waals surface area contributed by atoms with E-state index < -0.39 is 5.60 Å². The molecule has 1 aliphatic heterocycles. The lowest BCUT2D eigenvalue weighted by Gasteiger charge is -2.35. The maximum Gasteiger partial charge on any atom is 0.252 e. The molecule has 1 unspecified atom stereocenters. The molecule has 1 saturated heterocycles. The first kappa shape index (κ1) is 18.9. The SMILES string of the molecule is COC1(C(=O)NC(C)c2sc(-c3ccc(F)cc3)nc2C)CCNCC1. The zero-order valence-corrected chi connectivity index (χ0v) is 16.1. The Morgan fingerprint density at radius 3 is 2.62 bits per heavy atom. The van der Waals surface area contributed by atoms with E-state index in [2.05, 4.69) is 15.6 Å². The van der Waals surface area contributed by atoms with Gasteiger partial charge in [0.1, 0.15) is 16.4 Å². The molecule has 140 valence electrons. The van der Waals surface area contributed by atoms with Crippen LogP contribution in [0.15, 0.2) is 24.3 Å².